The van der Waals surface area contributed by atoms with Crippen LogP contribution in [0.15, 0.2) is 17.6 Å². The van der Waals surface area contributed by atoms with Crippen molar-refractivity contribution in [1.29, 1.82) is 0 Å². The zero-order valence-corrected chi connectivity index (χ0v) is 14.6. The Kier molecular flexibility index (Phi) is 8.49. The summed E-state index contributed by atoms with van der Waals surface area (Å²) in [5, 5.41) is 17.2. The fraction of sp³-hybridized carbons (Fsp3) is 0.824. The molecular formula is C17H34N4O. The van der Waals surface area contributed by atoms with E-state index < -0.39 is 5.60 Å². The molecule has 0 radical (unpaired) electrons. The molecule has 0 aromatic rings. The minimum absolute atomic E-state index is 0.449. The number of hydrogen-bond donors (Lipinski definition) is 3. The maximum Gasteiger partial charge on any atom is 0.191 e. The summed E-state index contributed by atoms with van der Waals surface area (Å²) in [4.78, 5) is 7.01. The summed E-state index contributed by atoms with van der Waals surface area (Å²) in [6.45, 7) is 14.3. The predicted molar refractivity (Wildman–Crippen MR) is 94.3 cm³/mol. The summed E-state index contributed by atoms with van der Waals surface area (Å²) in [6.07, 6.45) is 5.66. The van der Waals surface area contributed by atoms with E-state index in [1.807, 2.05) is 19.9 Å². The van der Waals surface area contributed by atoms with Crippen LogP contribution in [0.1, 0.15) is 46.5 Å². The first-order chi connectivity index (χ1) is 10.6. The molecule has 22 heavy (non-hydrogen) atoms. The van der Waals surface area contributed by atoms with Gasteiger partial charge in [0.15, 0.2) is 5.96 Å². The van der Waals surface area contributed by atoms with Crippen molar-refractivity contribution in [3.05, 3.63) is 12.7 Å². The van der Waals surface area contributed by atoms with Gasteiger partial charge in [-0.15, -0.1) is 6.58 Å². The minimum atomic E-state index is -0.685. The molecule has 1 fully saturated rings. The number of hydrogen-bond acceptors (Lipinski definition) is 3. The molecule has 0 saturated carbocycles. The molecule has 1 aliphatic rings. The van der Waals surface area contributed by atoms with E-state index in [0.29, 0.717) is 12.6 Å². The second-order valence-electron chi connectivity index (χ2n) is 6.13. The SMILES string of the molecule is C=CCN1CCC(NC(=NCC(O)(CC)CC)NCC)CC1. The molecule has 0 amide bonds. The third-order valence-corrected chi connectivity index (χ3v) is 4.51. The lowest BCUT2D eigenvalue weighted by atomic mass is 9.98. The van der Waals surface area contributed by atoms with Crippen molar-refractivity contribution in [2.24, 2.45) is 4.99 Å². The van der Waals surface area contributed by atoms with Gasteiger partial charge in [-0.05, 0) is 32.6 Å². The van der Waals surface area contributed by atoms with Crippen molar-refractivity contribution in [2.75, 3.05) is 32.7 Å². The van der Waals surface area contributed by atoms with Gasteiger partial charge < -0.3 is 15.7 Å². The molecule has 128 valence electrons. The van der Waals surface area contributed by atoms with E-state index in [9.17, 15) is 5.11 Å². The molecule has 1 saturated heterocycles. The van der Waals surface area contributed by atoms with Crippen LogP contribution in [-0.2, 0) is 0 Å². The van der Waals surface area contributed by atoms with Gasteiger partial charge in [0.1, 0.15) is 0 Å². The van der Waals surface area contributed by atoms with E-state index >= 15 is 0 Å². The Morgan fingerprint density at radius 1 is 1.32 bits per heavy atom. The van der Waals surface area contributed by atoms with Crippen molar-refractivity contribution >= 4 is 5.96 Å². The molecule has 0 aromatic carbocycles. The molecule has 0 aromatic heterocycles. The van der Waals surface area contributed by atoms with Crippen molar-refractivity contribution in [2.45, 2.75) is 58.1 Å². The lowest BCUT2D eigenvalue weighted by Gasteiger charge is -2.32. The molecule has 1 heterocycles. The third kappa shape index (κ3) is 6.36. The van der Waals surface area contributed by atoms with Gasteiger partial charge in [-0.1, -0.05) is 19.9 Å². The van der Waals surface area contributed by atoms with Gasteiger partial charge in [0.2, 0.25) is 0 Å². The zero-order chi connectivity index (χ0) is 16.4. The Hall–Kier alpha value is -1.07. The topological polar surface area (TPSA) is 59.9 Å². The third-order valence-electron chi connectivity index (χ3n) is 4.51. The van der Waals surface area contributed by atoms with Crippen LogP contribution in [-0.4, -0.2) is 60.3 Å². The maximum atomic E-state index is 10.4. The highest BCUT2D eigenvalue weighted by molar-refractivity contribution is 5.80. The van der Waals surface area contributed by atoms with Gasteiger partial charge in [0.25, 0.3) is 0 Å². The van der Waals surface area contributed by atoms with Gasteiger partial charge in [-0.3, -0.25) is 9.89 Å². The zero-order valence-electron chi connectivity index (χ0n) is 14.6. The smallest absolute Gasteiger partial charge is 0.191 e. The number of rotatable bonds is 8. The summed E-state index contributed by atoms with van der Waals surface area (Å²) in [5.74, 6) is 0.824. The first-order valence-corrected chi connectivity index (χ1v) is 8.67. The number of piperidine rings is 1. The fourth-order valence-electron chi connectivity index (χ4n) is 2.66. The van der Waals surface area contributed by atoms with Gasteiger partial charge in [0.05, 0.1) is 12.1 Å². The van der Waals surface area contributed by atoms with Crippen LogP contribution in [0, 0.1) is 0 Å². The summed E-state index contributed by atoms with van der Waals surface area (Å²) in [6, 6.07) is 0.454. The van der Waals surface area contributed by atoms with Crippen LogP contribution in [0.25, 0.3) is 0 Å². The summed E-state index contributed by atoms with van der Waals surface area (Å²) >= 11 is 0. The molecule has 1 aliphatic heterocycles. The molecule has 0 bridgehead atoms. The van der Waals surface area contributed by atoms with E-state index in [0.717, 1.165) is 57.8 Å². The largest absolute Gasteiger partial charge is 0.388 e. The highest BCUT2D eigenvalue weighted by Gasteiger charge is 2.23. The van der Waals surface area contributed by atoms with E-state index in [4.69, 9.17) is 0 Å². The van der Waals surface area contributed by atoms with Crippen LogP contribution < -0.4 is 10.6 Å². The van der Waals surface area contributed by atoms with Crippen LogP contribution >= 0.6 is 0 Å². The molecule has 3 N–H and O–H groups in total. The Balaban J connectivity index is 2.52. The van der Waals surface area contributed by atoms with Gasteiger partial charge in [-0.2, -0.15) is 0 Å². The molecule has 0 unspecified atom stereocenters. The molecule has 0 spiro atoms. The monoisotopic (exact) mass is 310 g/mol. The van der Waals surface area contributed by atoms with E-state index in [-0.39, 0.29) is 0 Å². The van der Waals surface area contributed by atoms with Gasteiger partial charge >= 0.3 is 0 Å². The number of likely N-dealkylation sites (tertiary alicyclic amines) is 1. The van der Waals surface area contributed by atoms with E-state index in [2.05, 4.69) is 34.0 Å². The molecule has 0 atom stereocenters. The highest BCUT2D eigenvalue weighted by atomic mass is 16.3. The first kappa shape index (κ1) is 19.0. The van der Waals surface area contributed by atoms with Crippen LogP contribution in [0.5, 0.6) is 0 Å². The molecular weight excluding hydrogens is 276 g/mol. The maximum absolute atomic E-state index is 10.4. The second-order valence-corrected chi connectivity index (χ2v) is 6.13. The number of aliphatic hydroxyl groups is 1. The highest BCUT2D eigenvalue weighted by Crippen LogP contribution is 2.15. The van der Waals surface area contributed by atoms with Crippen LogP contribution in [0.2, 0.25) is 0 Å². The lowest BCUT2D eigenvalue weighted by Crippen LogP contribution is -2.49. The number of nitrogens with zero attached hydrogens (tertiary/aromatic N) is 2. The quantitative estimate of drug-likeness (QED) is 0.363. The standard InChI is InChI=1S/C17H34N4O/c1-5-11-21-12-9-15(10-13-21)20-16(18-8-4)19-14-17(22,6-2)7-3/h5,15,22H,1,6-14H2,2-4H3,(H2,18,19,20). The summed E-state index contributed by atoms with van der Waals surface area (Å²) in [7, 11) is 0. The Morgan fingerprint density at radius 2 is 1.95 bits per heavy atom. The van der Waals surface area contributed by atoms with Crippen molar-refractivity contribution in [3.63, 3.8) is 0 Å². The van der Waals surface area contributed by atoms with Gasteiger partial charge in [-0.25, -0.2) is 0 Å². The lowest BCUT2D eigenvalue weighted by molar-refractivity contribution is 0.0417. The Bertz CT molecular complexity index is 345. The number of guanidine groups is 1. The van der Waals surface area contributed by atoms with Crippen LogP contribution in [0.4, 0.5) is 0 Å². The summed E-state index contributed by atoms with van der Waals surface area (Å²) in [5.41, 5.74) is -0.685. The Labute approximate surface area is 135 Å². The van der Waals surface area contributed by atoms with Crippen molar-refractivity contribution < 1.29 is 5.11 Å². The first-order valence-electron chi connectivity index (χ1n) is 8.67. The molecule has 0 aliphatic carbocycles. The summed E-state index contributed by atoms with van der Waals surface area (Å²) < 4.78 is 0. The number of nitrogens with one attached hydrogen (secondary N) is 2. The predicted octanol–water partition coefficient (Wildman–Crippen LogP) is 1.74. The van der Waals surface area contributed by atoms with Gasteiger partial charge in [0, 0.05) is 32.2 Å². The van der Waals surface area contributed by atoms with Crippen molar-refractivity contribution in [3.8, 4) is 0 Å². The normalized spacial score (nSPS) is 18.3. The second kappa shape index (κ2) is 9.85. The van der Waals surface area contributed by atoms with E-state index in [1.165, 1.54) is 0 Å². The van der Waals surface area contributed by atoms with Crippen LogP contribution in [0.3, 0.4) is 0 Å². The Morgan fingerprint density at radius 3 is 2.45 bits per heavy atom. The van der Waals surface area contributed by atoms with Crippen molar-refractivity contribution in [1.82, 2.24) is 15.5 Å². The molecule has 5 nitrogen and oxygen atoms in total. The average molecular weight is 310 g/mol. The van der Waals surface area contributed by atoms with E-state index in [1.54, 1.807) is 0 Å². The molecule has 1 rings (SSSR count). The minimum Gasteiger partial charge on any atom is -0.388 e. The number of aliphatic imine (C=N–C) groups is 1. The average Bonchev–Trinajstić information content (AvgIpc) is 2.54. The molecule has 5 heteroatoms. The fourth-order valence-corrected chi connectivity index (χ4v) is 2.66.